The lowest BCUT2D eigenvalue weighted by Crippen LogP contribution is -2.31. The van der Waals surface area contributed by atoms with E-state index in [1.807, 2.05) is 0 Å². The molecule has 1 N–H and O–H groups in total. The van der Waals surface area contributed by atoms with Gasteiger partial charge in [0.1, 0.15) is 12.2 Å². The minimum atomic E-state index is -0.899. The Labute approximate surface area is 70.7 Å². The predicted octanol–water partition coefficient (Wildman–Crippen LogP) is 0.281. The maximum absolute atomic E-state index is 12.4. The average molecular weight is 184 g/mol. The molecule has 1 aliphatic rings. The summed E-state index contributed by atoms with van der Waals surface area (Å²) in [5.74, 6) is -0.375. The van der Waals surface area contributed by atoms with Crippen molar-refractivity contribution in [1.29, 1.82) is 0 Å². The van der Waals surface area contributed by atoms with Crippen molar-refractivity contribution < 1.29 is 13.9 Å². The molecule has 1 heterocycles. The number of hydrogen-bond acceptors (Lipinski definition) is 3. The first kappa shape index (κ1) is 10.7. The number of alkyl halides is 1. The molecule has 0 aromatic carbocycles. The fraction of sp³-hybridized carbons (Fsp3) is 0.833. The van der Waals surface area contributed by atoms with Crippen LogP contribution in [0.5, 0.6) is 0 Å². The van der Waals surface area contributed by atoms with E-state index in [4.69, 9.17) is 0 Å². The molecule has 1 fully saturated rings. The fourth-order valence-electron chi connectivity index (χ4n) is 1.01. The highest BCUT2D eigenvalue weighted by Crippen LogP contribution is 2.10. The molecule has 1 saturated heterocycles. The smallest absolute Gasteiger partial charge is 0.322 e. The monoisotopic (exact) mass is 183 g/mol. The zero-order chi connectivity index (χ0) is 7.56. The van der Waals surface area contributed by atoms with E-state index in [9.17, 15) is 9.18 Å². The van der Waals surface area contributed by atoms with Crippen LogP contribution in [0.25, 0.3) is 0 Å². The summed E-state index contributed by atoms with van der Waals surface area (Å²) >= 11 is 0. The highest BCUT2D eigenvalue weighted by atomic mass is 35.5. The second kappa shape index (κ2) is 4.51. The van der Waals surface area contributed by atoms with Gasteiger partial charge in [0.15, 0.2) is 0 Å². The van der Waals surface area contributed by atoms with E-state index in [2.05, 4.69) is 10.1 Å². The third-order valence-corrected chi connectivity index (χ3v) is 1.56. The number of ether oxygens (including phenoxy) is 1. The average Bonchev–Trinajstić information content (AvgIpc) is 2.34. The number of nitrogens with one attached hydrogen (secondary N) is 1. The van der Waals surface area contributed by atoms with Crippen LogP contribution in [0, 0.1) is 0 Å². The molecule has 2 unspecified atom stereocenters. The summed E-state index contributed by atoms with van der Waals surface area (Å²) in [5.41, 5.74) is 0. The molecule has 0 aliphatic carbocycles. The second-order valence-corrected chi connectivity index (χ2v) is 2.32. The van der Waals surface area contributed by atoms with Crippen LogP contribution in [0.15, 0.2) is 0 Å². The van der Waals surface area contributed by atoms with Crippen LogP contribution in [-0.4, -0.2) is 31.8 Å². The molecule has 0 amide bonds. The molecule has 0 radical (unpaired) electrons. The Morgan fingerprint density at radius 1 is 1.73 bits per heavy atom. The van der Waals surface area contributed by atoms with E-state index in [1.54, 1.807) is 0 Å². The first-order valence-electron chi connectivity index (χ1n) is 3.19. The van der Waals surface area contributed by atoms with Crippen molar-refractivity contribution in [3.05, 3.63) is 0 Å². The summed E-state index contributed by atoms with van der Waals surface area (Å²) in [6.07, 6.45) is -0.656. The van der Waals surface area contributed by atoms with Crippen LogP contribution in [-0.2, 0) is 9.53 Å². The van der Waals surface area contributed by atoms with E-state index in [-0.39, 0.29) is 31.3 Å². The molecular formula is C6H11ClFNO2. The lowest BCUT2D eigenvalue weighted by atomic mass is 10.2. The number of carbonyl (C=O) groups excluding carboxylic acids is 1. The van der Waals surface area contributed by atoms with Gasteiger partial charge in [0.25, 0.3) is 0 Å². The van der Waals surface area contributed by atoms with Crippen molar-refractivity contribution >= 4 is 18.4 Å². The SMILES string of the molecule is COC(=O)C1CC(F)CN1.Cl. The quantitative estimate of drug-likeness (QED) is 0.594. The Balaban J connectivity index is 0.000001000. The van der Waals surface area contributed by atoms with Crippen molar-refractivity contribution in [2.45, 2.75) is 18.6 Å². The lowest BCUT2D eigenvalue weighted by molar-refractivity contribution is -0.142. The highest BCUT2D eigenvalue weighted by molar-refractivity contribution is 5.85. The highest BCUT2D eigenvalue weighted by Gasteiger charge is 2.29. The summed E-state index contributed by atoms with van der Waals surface area (Å²) in [6, 6.07) is -0.431. The van der Waals surface area contributed by atoms with E-state index < -0.39 is 12.2 Å². The molecule has 1 rings (SSSR count). The standard InChI is InChI=1S/C6H10FNO2.ClH/c1-10-6(9)5-2-4(7)3-8-5;/h4-5,8H,2-3H2,1H3;1H. The van der Waals surface area contributed by atoms with Gasteiger partial charge < -0.3 is 10.1 Å². The van der Waals surface area contributed by atoms with Crippen molar-refractivity contribution in [3.63, 3.8) is 0 Å². The summed E-state index contributed by atoms with van der Waals surface area (Å²) in [6.45, 7) is 0.264. The molecule has 2 atom stereocenters. The number of hydrogen-bond donors (Lipinski definition) is 1. The molecule has 66 valence electrons. The molecule has 0 saturated carbocycles. The molecule has 0 aromatic heterocycles. The minimum Gasteiger partial charge on any atom is -0.468 e. The van der Waals surface area contributed by atoms with Crippen LogP contribution >= 0.6 is 12.4 Å². The number of carbonyl (C=O) groups is 1. The van der Waals surface area contributed by atoms with Gasteiger partial charge >= 0.3 is 5.97 Å². The zero-order valence-corrected chi connectivity index (χ0v) is 6.99. The maximum atomic E-state index is 12.4. The van der Waals surface area contributed by atoms with E-state index in [0.29, 0.717) is 0 Å². The predicted molar refractivity (Wildman–Crippen MR) is 40.6 cm³/mol. The van der Waals surface area contributed by atoms with Gasteiger partial charge in [0.2, 0.25) is 0 Å². The fourth-order valence-corrected chi connectivity index (χ4v) is 1.01. The van der Waals surface area contributed by atoms with Gasteiger partial charge in [0, 0.05) is 13.0 Å². The van der Waals surface area contributed by atoms with Crippen LogP contribution in [0.2, 0.25) is 0 Å². The van der Waals surface area contributed by atoms with Gasteiger partial charge in [-0.15, -0.1) is 12.4 Å². The van der Waals surface area contributed by atoms with Crippen molar-refractivity contribution in [2.24, 2.45) is 0 Å². The van der Waals surface area contributed by atoms with Crippen LogP contribution in [0.3, 0.4) is 0 Å². The van der Waals surface area contributed by atoms with Crippen LogP contribution in [0.4, 0.5) is 4.39 Å². The number of methoxy groups -OCH3 is 1. The Morgan fingerprint density at radius 3 is 2.73 bits per heavy atom. The van der Waals surface area contributed by atoms with Gasteiger partial charge in [-0.3, -0.25) is 4.79 Å². The summed E-state index contributed by atoms with van der Waals surface area (Å²) in [4.78, 5) is 10.7. The minimum absolute atomic E-state index is 0. The molecule has 0 bridgehead atoms. The van der Waals surface area contributed by atoms with Gasteiger partial charge in [-0.25, -0.2) is 4.39 Å². The third-order valence-electron chi connectivity index (χ3n) is 1.56. The normalized spacial score (nSPS) is 29.3. The van der Waals surface area contributed by atoms with E-state index >= 15 is 0 Å². The lowest BCUT2D eigenvalue weighted by Gasteiger charge is -2.04. The van der Waals surface area contributed by atoms with E-state index in [0.717, 1.165) is 0 Å². The van der Waals surface area contributed by atoms with Gasteiger partial charge in [0.05, 0.1) is 7.11 Å². The van der Waals surface area contributed by atoms with Crippen molar-refractivity contribution in [3.8, 4) is 0 Å². The maximum Gasteiger partial charge on any atom is 0.322 e. The molecule has 5 heteroatoms. The van der Waals surface area contributed by atoms with Crippen molar-refractivity contribution in [1.82, 2.24) is 5.32 Å². The first-order chi connectivity index (χ1) is 4.74. The van der Waals surface area contributed by atoms with Crippen LogP contribution < -0.4 is 5.32 Å². The van der Waals surface area contributed by atoms with Gasteiger partial charge in [-0.05, 0) is 0 Å². The third kappa shape index (κ3) is 2.63. The second-order valence-electron chi connectivity index (χ2n) is 2.32. The molecular weight excluding hydrogens is 173 g/mol. The molecule has 0 spiro atoms. The Kier molecular flexibility index (Phi) is 4.37. The Hall–Kier alpha value is -0.350. The Bertz CT molecular complexity index is 145. The molecule has 3 nitrogen and oxygen atoms in total. The molecule has 0 aromatic rings. The first-order valence-corrected chi connectivity index (χ1v) is 3.19. The zero-order valence-electron chi connectivity index (χ0n) is 6.17. The topological polar surface area (TPSA) is 38.3 Å². The summed E-state index contributed by atoms with van der Waals surface area (Å²) < 4.78 is 16.8. The largest absolute Gasteiger partial charge is 0.468 e. The number of rotatable bonds is 1. The van der Waals surface area contributed by atoms with Crippen molar-refractivity contribution in [2.75, 3.05) is 13.7 Å². The Morgan fingerprint density at radius 2 is 2.36 bits per heavy atom. The van der Waals surface area contributed by atoms with E-state index in [1.165, 1.54) is 7.11 Å². The van der Waals surface area contributed by atoms with Crippen LogP contribution in [0.1, 0.15) is 6.42 Å². The van der Waals surface area contributed by atoms with Gasteiger partial charge in [-0.1, -0.05) is 0 Å². The summed E-state index contributed by atoms with van der Waals surface area (Å²) in [7, 11) is 1.30. The summed E-state index contributed by atoms with van der Waals surface area (Å²) in [5, 5.41) is 2.71. The molecule has 11 heavy (non-hydrogen) atoms. The number of esters is 1. The van der Waals surface area contributed by atoms with Gasteiger partial charge in [-0.2, -0.15) is 0 Å². The molecule has 1 aliphatic heterocycles. The number of halogens is 2.